The molecule has 0 radical (unpaired) electrons. The maximum absolute atomic E-state index is 13.9. The number of carbonyl (C=O) groups excluding carboxylic acids is 1. The molecule has 218 valence electrons. The highest BCUT2D eigenvalue weighted by molar-refractivity contribution is 6.04. The summed E-state index contributed by atoms with van der Waals surface area (Å²) in [4.78, 5) is 19.1. The number of piperazine rings is 1. The van der Waals surface area contributed by atoms with Gasteiger partial charge in [0, 0.05) is 55.7 Å². The number of halogens is 6. The molecule has 13 heteroatoms. The van der Waals surface area contributed by atoms with Crippen molar-refractivity contribution in [2.45, 2.75) is 25.9 Å². The largest absolute Gasteiger partial charge is 0.460 e. The monoisotopic (exact) mass is 586 g/mol. The van der Waals surface area contributed by atoms with Gasteiger partial charge in [-0.05, 0) is 60.4 Å². The topological polar surface area (TPSA) is 65.8 Å². The van der Waals surface area contributed by atoms with Crippen LogP contribution in [0.25, 0.3) is 5.65 Å². The Morgan fingerprint density at radius 2 is 1.74 bits per heavy atom. The van der Waals surface area contributed by atoms with E-state index in [1.54, 1.807) is 52.1 Å². The quantitative estimate of drug-likeness (QED) is 0.199. The summed E-state index contributed by atoms with van der Waals surface area (Å²) in [6.45, 7) is 0.950. The first-order valence-electron chi connectivity index (χ1n) is 12.9. The maximum Gasteiger partial charge on any atom is 0.460 e. The minimum atomic E-state index is -4.73. The van der Waals surface area contributed by atoms with Crippen LogP contribution in [0.4, 0.5) is 32.0 Å². The van der Waals surface area contributed by atoms with Gasteiger partial charge in [-0.2, -0.15) is 31.4 Å². The molecule has 4 aromatic rings. The number of nitrogens with one attached hydrogen (secondary N) is 1. The standard InChI is InChI=1S/C29H24F6N6O/c1-19-4-5-21(15-20(19)7-9-24-17-36-26-3-2-10-37-41(24)26)27(42)38-23-8-6-22(25(16-23)28(30,31)32)18-39-11-13-40(14-12-39)29(33,34)35/h2-6,8,10,15-17H,11-14,18H2,1H3,(H,38,42). The molecule has 0 atom stereocenters. The van der Waals surface area contributed by atoms with E-state index in [1.807, 2.05) is 6.92 Å². The number of benzene rings is 2. The van der Waals surface area contributed by atoms with E-state index in [2.05, 4.69) is 27.2 Å². The number of anilines is 1. The number of rotatable bonds is 4. The molecule has 0 bridgehead atoms. The zero-order chi connectivity index (χ0) is 30.1. The zero-order valence-corrected chi connectivity index (χ0v) is 22.2. The van der Waals surface area contributed by atoms with Gasteiger partial charge in [0.15, 0.2) is 5.65 Å². The highest BCUT2D eigenvalue weighted by atomic mass is 19.4. The molecular weight excluding hydrogens is 562 g/mol. The van der Waals surface area contributed by atoms with Crippen molar-refractivity contribution in [3.63, 3.8) is 0 Å². The molecule has 0 saturated carbocycles. The molecule has 0 spiro atoms. The van der Waals surface area contributed by atoms with Crippen molar-refractivity contribution in [2.24, 2.45) is 0 Å². The van der Waals surface area contributed by atoms with Gasteiger partial charge in [0.05, 0.1) is 11.8 Å². The van der Waals surface area contributed by atoms with Gasteiger partial charge in [-0.15, -0.1) is 0 Å². The Labute approximate surface area is 236 Å². The van der Waals surface area contributed by atoms with E-state index >= 15 is 0 Å². The van der Waals surface area contributed by atoms with Crippen LogP contribution in [0, 0.1) is 18.8 Å². The van der Waals surface area contributed by atoms with E-state index < -0.39 is 23.9 Å². The van der Waals surface area contributed by atoms with Crippen molar-refractivity contribution in [3.05, 3.63) is 94.4 Å². The molecule has 1 saturated heterocycles. The van der Waals surface area contributed by atoms with Crippen LogP contribution in [0.15, 0.2) is 60.9 Å². The van der Waals surface area contributed by atoms with E-state index in [4.69, 9.17) is 0 Å². The lowest BCUT2D eigenvalue weighted by atomic mass is 10.0. The Balaban J connectivity index is 1.32. The Kier molecular flexibility index (Phi) is 7.94. The van der Waals surface area contributed by atoms with E-state index in [0.29, 0.717) is 21.8 Å². The first-order valence-corrected chi connectivity index (χ1v) is 12.9. The van der Waals surface area contributed by atoms with Crippen LogP contribution in [0.5, 0.6) is 0 Å². The van der Waals surface area contributed by atoms with E-state index in [-0.39, 0.29) is 49.5 Å². The molecule has 1 aliphatic heterocycles. The fraction of sp³-hybridized carbons (Fsp3) is 0.276. The molecule has 7 nitrogen and oxygen atoms in total. The number of hydrogen-bond donors (Lipinski definition) is 1. The van der Waals surface area contributed by atoms with Crippen molar-refractivity contribution in [1.29, 1.82) is 0 Å². The summed E-state index contributed by atoms with van der Waals surface area (Å²) in [5.41, 5.74) is 1.59. The molecule has 5 rings (SSSR count). The number of imidazole rings is 1. The van der Waals surface area contributed by atoms with Crippen LogP contribution in [0.2, 0.25) is 0 Å². The third-order valence-corrected chi connectivity index (χ3v) is 6.90. The molecule has 2 aromatic heterocycles. The maximum atomic E-state index is 13.9. The smallest absolute Gasteiger partial charge is 0.322 e. The van der Waals surface area contributed by atoms with Gasteiger partial charge in [-0.25, -0.2) is 14.4 Å². The Morgan fingerprint density at radius 3 is 2.45 bits per heavy atom. The molecule has 2 aromatic carbocycles. The third-order valence-electron chi connectivity index (χ3n) is 6.90. The Hall–Kier alpha value is -4.41. The predicted molar refractivity (Wildman–Crippen MR) is 142 cm³/mol. The molecule has 1 aliphatic rings. The molecule has 1 fully saturated rings. The van der Waals surface area contributed by atoms with Crippen LogP contribution in [-0.4, -0.2) is 62.8 Å². The third kappa shape index (κ3) is 6.56. The average Bonchev–Trinajstić information content (AvgIpc) is 3.35. The van der Waals surface area contributed by atoms with E-state index in [0.717, 1.165) is 11.6 Å². The second-order valence-corrected chi connectivity index (χ2v) is 9.77. The van der Waals surface area contributed by atoms with Gasteiger partial charge < -0.3 is 5.32 Å². The van der Waals surface area contributed by atoms with Gasteiger partial charge in [0.25, 0.3) is 5.91 Å². The van der Waals surface area contributed by atoms with Crippen LogP contribution < -0.4 is 5.32 Å². The summed E-state index contributed by atoms with van der Waals surface area (Å²) >= 11 is 0. The lowest BCUT2D eigenvalue weighted by Gasteiger charge is -2.35. The number of carbonyl (C=O) groups is 1. The number of nitrogens with zero attached hydrogens (tertiary/aromatic N) is 5. The fourth-order valence-electron chi connectivity index (χ4n) is 4.60. The minimum absolute atomic E-state index is 0.0261. The fourth-order valence-corrected chi connectivity index (χ4v) is 4.60. The summed E-state index contributed by atoms with van der Waals surface area (Å²) < 4.78 is 82.1. The number of aromatic nitrogens is 3. The second kappa shape index (κ2) is 11.5. The molecule has 42 heavy (non-hydrogen) atoms. The molecule has 0 unspecified atom stereocenters. The predicted octanol–water partition coefficient (Wildman–Crippen LogP) is 5.35. The summed E-state index contributed by atoms with van der Waals surface area (Å²) in [5, 5.41) is 6.71. The van der Waals surface area contributed by atoms with Crippen LogP contribution in [-0.2, 0) is 12.7 Å². The summed E-state index contributed by atoms with van der Waals surface area (Å²) in [7, 11) is 0. The van der Waals surface area contributed by atoms with Crippen molar-refractivity contribution < 1.29 is 31.1 Å². The van der Waals surface area contributed by atoms with Crippen molar-refractivity contribution in [1.82, 2.24) is 24.4 Å². The lowest BCUT2D eigenvalue weighted by Crippen LogP contribution is -2.51. The van der Waals surface area contributed by atoms with Gasteiger partial charge >= 0.3 is 12.5 Å². The van der Waals surface area contributed by atoms with Crippen molar-refractivity contribution >= 4 is 17.2 Å². The number of alkyl halides is 6. The first kappa shape index (κ1) is 29.1. The van der Waals surface area contributed by atoms with Crippen LogP contribution in [0.1, 0.15) is 38.3 Å². The van der Waals surface area contributed by atoms with Crippen molar-refractivity contribution in [3.8, 4) is 11.8 Å². The molecule has 1 amide bonds. The van der Waals surface area contributed by atoms with E-state index in [9.17, 15) is 31.1 Å². The van der Waals surface area contributed by atoms with Gasteiger partial charge in [0.1, 0.15) is 5.69 Å². The number of aryl methyl sites for hydroxylation is 1. The van der Waals surface area contributed by atoms with Crippen molar-refractivity contribution in [2.75, 3.05) is 31.5 Å². The summed E-state index contributed by atoms with van der Waals surface area (Å²) in [6.07, 6.45) is -6.03. The zero-order valence-electron chi connectivity index (χ0n) is 22.2. The number of fused-ring (bicyclic) bond motifs is 1. The number of amides is 1. The Bertz CT molecular complexity index is 1680. The lowest BCUT2D eigenvalue weighted by molar-refractivity contribution is -0.252. The minimum Gasteiger partial charge on any atom is -0.322 e. The second-order valence-electron chi connectivity index (χ2n) is 9.77. The normalized spacial score (nSPS) is 14.9. The van der Waals surface area contributed by atoms with Gasteiger partial charge in [0.2, 0.25) is 0 Å². The SMILES string of the molecule is Cc1ccc(C(=O)Nc2ccc(CN3CCN(C(F)(F)F)CC3)c(C(F)(F)F)c2)cc1C#Cc1cnc2cccnn12. The summed E-state index contributed by atoms with van der Waals surface area (Å²) in [5.74, 6) is 5.36. The molecule has 0 aliphatic carbocycles. The van der Waals surface area contributed by atoms with Gasteiger partial charge in [-0.3, -0.25) is 9.69 Å². The summed E-state index contributed by atoms with van der Waals surface area (Å²) in [6, 6.07) is 11.7. The van der Waals surface area contributed by atoms with Crippen LogP contribution >= 0.6 is 0 Å². The highest BCUT2D eigenvalue weighted by Gasteiger charge is 2.39. The highest BCUT2D eigenvalue weighted by Crippen LogP contribution is 2.35. The first-order chi connectivity index (χ1) is 19.9. The number of hydrogen-bond acceptors (Lipinski definition) is 5. The average molecular weight is 587 g/mol. The van der Waals surface area contributed by atoms with E-state index in [1.165, 1.54) is 12.1 Å². The van der Waals surface area contributed by atoms with Crippen LogP contribution in [0.3, 0.4) is 0 Å². The molecule has 3 heterocycles. The molecule has 1 N–H and O–H groups in total. The molecular formula is C29H24F6N6O. The Morgan fingerprint density at radius 1 is 0.976 bits per heavy atom. The van der Waals surface area contributed by atoms with Gasteiger partial charge in [-0.1, -0.05) is 18.1 Å².